The third-order valence-corrected chi connectivity index (χ3v) is 6.75. The maximum Gasteiger partial charge on any atom is 0.244 e. The number of carbonyl (C=O) groups is 1. The molecule has 0 unspecified atom stereocenters. The van der Waals surface area contributed by atoms with Crippen molar-refractivity contribution in [2.24, 2.45) is 0 Å². The lowest BCUT2D eigenvalue weighted by Crippen LogP contribution is -2.37. The predicted octanol–water partition coefficient (Wildman–Crippen LogP) is 4.61. The van der Waals surface area contributed by atoms with Gasteiger partial charge in [0.05, 0.1) is 17.8 Å². The van der Waals surface area contributed by atoms with Crippen molar-refractivity contribution in [1.82, 2.24) is 19.8 Å². The van der Waals surface area contributed by atoms with Crippen molar-refractivity contribution in [2.45, 2.75) is 43.8 Å². The van der Waals surface area contributed by atoms with Gasteiger partial charge >= 0.3 is 0 Å². The van der Waals surface area contributed by atoms with E-state index in [4.69, 9.17) is 12.2 Å². The highest BCUT2D eigenvalue weighted by molar-refractivity contribution is 7.80. The van der Waals surface area contributed by atoms with E-state index in [9.17, 15) is 4.79 Å². The van der Waals surface area contributed by atoms with Gasteiger partial charge in [0, 0.05) is 29.8 Å². The maximum atomic E-state index is 13.0. The fourth-order valence-electron chi connectivity index (χ4n) is 4.95. The monoisotopic (exact) mass is 445 g/mol. The van der Waals surface area contributed by atoms with Gasteiger partial charge in [0.15, 0.2) is 5.11 Å². The Labute approximate surface area is 193 Å². The summed E-state index contributed by atoms with van der Waals surface area (Å²) in [7, 11) is 0. The van der Waals surface area contributed by atoms with Crippen LogP contribution in [0, 0.1) is 0 Å². The van der Waals surface area contributed by atoms with Crippen LogP contribution in [0.4, 0.5) is 5.69 Å². The minimum absolute atomic E-state index is 0.0917. The molecule has 1 aliphatic carbocycles. The summed E-state index contributed by atoms with van der Waals surface area (Å²) in [6, 6.07) is 20.0. The number of carbonyl (C=O) groups excluding carboxylic acids is 1. The molecule has 5 rings (SSSR count). The average Bonchev–Trinajstić information content (AvgIpc) is 3.56. The number of nitrogens with zero attached hydrogens (tertiary/aromatic N) is 3. The van der Waals surface area contributed by atoms with Crippen molar-refractivity contribution in [3.8, 4) is 0 Å². The molecule has 0 bridgehead atoms. The molecule has 2 fully saturated rings. The minimum Gasteiger partial charge on any atom is -0.352 e. The van der Waals surface area contributed by atoms with Gasteiger partial charge in [-0.25, -0.2) is 0 Å². The Hall–Kier alpha value is -3.19. The van der Waals surface area contributed by atoms with E-state index in [1.165, 1.54) is 31.4 Å². The maximum absolute atomic E-state index is 13.0. The Morgan fingerprint density at radius 2 is 1.84 bits per heavy atom. The molecular formula is C25H27N5OS. The number of hydrogen-bond donors (Lipinski definition) is 2. The summed E-state index contributed by atoms with van der Waals surface area (Å²) < 4.78 is 2.39. The first-order valence-electron chi connectivity index (χ1n) is 11.2. The van der Waals surface area contributed by atoms with Gasteiger partial charge in [-0.3, -0.25) is 9.78 Å². The molecule has 1 amide bonds. The predicted molar refractivity (Wildman–Crippen MR) is 129 cm³/mol. The normalized spacial score (nSPS) is 21.0. The van der Waals surface area contributed by atoms with Crippen LogP contribution in [0.3, 0.4) is 0 Å². The molecule has 2 aromatic heterocycles. The highest BCUT2D eigenvalue weighted by atomic mass is 32.1. The van der Waals surface area contributed by atoms with Gasteiger partial charge in [0.25, 0.3) is 0 Å². The van der Waals surface area contributed by atoms with Crippen LogP contribution in [-0.2, 0) is 4.79 Å². The molecule has 0 radical (unpaired) electrons. The van der Waals surface area contributed by atoms with Crippen LogP contribution in [0.2, 0.25) is 0 Å². The van der Waals surface area contributed by atoms with E-state index in [1.807, 2.05) is 53.4 Å². The van der Waals surface area contributed by atoms with Gasteiger partial charge in [0.1, 0.15) is 6.54 Å². The van der Waals surface area contributed by atoms with Crippen LogP contribution in [0.5, 0.6) is 0 Å². The summed E-state index contributed by atoms with van der Waals surface area (Å²) in [4.78, 5) is 19.6. The van der Waals surface area contributed by atoms with Crippen molar-refractivity contribution < 1.29 is 4.79 Å². The third-order valence-electron chi connectivity index (χ3n) is 6.40. The highest BCUT2D eigenvalue weighted by Gasteiger charge is 2.42. The molecule has 32 heavy (non-hydrogen) atoms. The molecule has 3 heterocycles. The topological polar surface area (TPSA) is 62.2 Å². The Morgan fingerprint density at radius 1 is 1.06 bits per heavy atom. The van der Waals surface area contributed by atoms with Gasteiger partial charge in [-0.1, -0.05) is 37.1 Å². The zero-order chi connectivity index (χ0) is 21.9. The Balaban J connectivity index is 1.47. The van der Waals surface area contributed by atoms with E-state index >= 15 is 0 Å². The molecule has 1 aliphatic heterocycles. The molecule has 6 nitrogen and oxygen atoms in total. The number of nitrogens with one attached hydrogen (secondary N) is 2. The molecule has 1 saturated carbocycles. The number of aromatic nitrogens is 2. The van der Waals surface area contributed by atoms with Crippen molar-refractivity contribution in [3.05, 3.63) is 84.4 Å². The molecule has 2 atom stereocenters. The van der Waals surface area contributed by atoms with Gasteiger partial charge < -0.3 is 20.1 Å². The minimum atomic E-state index is -0.122. The SMILES string of the molecule is O=C(CN1C(=S)N[C@@H](c2ccccn2)[C@H]1c1cccn1C1CCCC1)Nc1ccccc1. The number of anilines is 1. The summed E-state index contributed by atoms with van der Waals surface area (Å²) >= 11 is 5.73. The first-order valence-corrected chi connectivity index (χ1v) is 11.6. The summed E-state index contributed by atoms with van der Waals surface area (Å²) in [5, 5.41) is 7.01. The standard InChI is InChI=1S/C25H27N5OS/c31-22(27-18-9-2-1-3-10-18)17-30-24(21-14-8-16-29(21)19-11-4-5-12-19)23(28-25(30)32)20-13-6-7-15-26-20/h1-3,6-10,13-16,19,23-24H,4-5,11-12,17H2,(H,27,31)(H,28,32)/t23-,24+/m0/s1. The third kappa shape index (κ3) is 4.12. The summed E-state index contributed by atoms with van der Waals surface area (Å²) in [5.41, 5.74) is 2.88. The first-order chi connectivity index (χ1) is 15.7. The first kappa shape index (κ1) is 20.7. The second kappa shape index (κ2) is 9.12. The number of amides is 1. The molecule has 0 spiro atoms. The lowest BCUT2D eigenvalue weighted by Gasteiger charge is -2.30. The smallest absolute Gasteiger partial charge is 0.244 e. The summed E-state index contributed by atoms with van der Waals surface area (Å²) in [6.07, 6.45) is 8.87. The van der Waals surface area contributed by atoms with E-state index in [1.54, 1.807) is 6.20 Å². The van der Waals surface area contributed by atoms with Crippen LogP contribution in [-0.4, -0.2) is 32.0 Å². The average molecular weight is 446 g/mol. The highest BCUT2D eigenvalue weighted by Crippen LogP contribution is 2.41. The summed E-state index contributed by atoms with van der Waals surface area (Å²) in [6.45, 7) is 0.171. The molecule has 1 saturated heterocycles. The van der Waals surface area contributed by atoms with E-state index in [2.05, 4.69) is 38.5 Å². The van der Waals surface area contributed by atoms with Gasteiger partial charge in [0.2, 0.25) is 5.91 Å². The fourth-order valence-corrected chi connectivity index (χ4v) is 5.25. The number of pyridine rings is 1. The van der Waals surface area contributed by atoms with Gasteiger partial charge in [-0.2, -0.15) is 0 Å². The second-order valence-electron chi connectivity index (χ2n) is 8.45. The van der Waals surface area contributed by atoms with Gasteiger partial charge in [-0.15, -0.1) is 0 Å². The van der Waals surface area contributed by atoms with E-state index in [0.717, 1.165) is 11.4 Å². The Kier molecular flexibility index (Phi) is 5.90. The molecule has 2 aliphatic rings. The molecule has 3 aromatic rings. The van der Waals surface area contributed by atoms with Crippen LogP contribution in [0.15, 0.2) is 73.1 Å². The van der Waals surface area contributed by atoms with Crippen LogP contribution < -0.4 is 10.6 Å². The zero-order valence-electron chi connectivity index (χ0n) is 17.9. The zero-order valence-corrected chi connectivity index (χ0v) is 18.7. The number of benzene rings is 1. The van der Waals surface area contributed by atoms with Crippen LogP contribution in [0.25, 0.3) is 0 Å². The second-order valence-corrected chi connectivity index (χ2v) is 8.83. The number of thiocarbonyl (C=S) groups is 1. The molecule has 164 valence electrons. The van der Waals surface area contributed by atoms with Crippen LogP contribution in [0.1, 0.15) is 55.2 Å². The van der Waals surface area contributed by atoms with E-state index < -0.39 is 0 Å². The van der Waals surface area contributed by atoms with Crippen molar-refractivity contribution >= 4 is 28.9 Å². The van der Waals surface area contributed by atoms with Gasteiger partial charge in [-0.05, 0) is 61.5 Å². The Bertz CT molecular complexity index is 1080. The lowest BCUT2D eigenvalue weighted by atomic mass is 10.0. The lowest BCUT2D eigenvalue weighted by molar-refractivity contribution is -0.116. The molecule has 2 N–H and O–H groups in total. The van der Waals surface area contributed by atoms with Crippen molar-refractivity contribution in [2.75, 3.05) is 11.9 Å². The Morgan fingerprint density at radius 3 is 2.59 bits per heavy atom. The fraction of sp³-hybridized carbons (Fsp3) is 0.320. The largest absolute Gasteiger partial charge is 0.352 e. The molecular weight excluding hydrogens is 418 g/mol. The number of para-hydroxylation sites is 1. The number of rotatable bonds is 6. The van der Waals surface area contributed by atoms with E-state index in [0.29, 0.717) is 11.2 Å². The van der Waals surface area contributed by atoms with E-state index in [-0.39, 0.29) is 24.5 Å². The number of hydrogen-bond acceptors (Lipinski definition) is 3. The van der Waals surface area contributed by atoms with Crippen molar-refractivity contribution in [1.29, 1.82) is 0 Å². The quantitative estimate of drug-likeness (QED) is 0.543. The summed E-state index contributed by atoms with van der Waals surface area (Å²) in [5.74, 6) is -0.0917. The molecule has 7 heteroatoms. The van der Waals surface area contributed by atoms with Crippen LogP contribution >= 0.6 is 12.2 Å². The molecule has 1 aromatic carbocycles. The van der Waals surface area contributed by atoms with Crippen molar-refractivity contribution in [3.63, 3.8) is 0 Å².